The second-order valence-corrected chi connectivity index (χ2v) is 1.44. The first kappa shape index (κ1) is 12.1. The molecule has 10 heavy (non-hydrogen) atoms. The Bertz CT molecular complexity index is 94.5. The van der Waals surface area contributed by atoms with Crippen molar-refractivity contribution < 1.29 is 0 Å². The first-order valence-corrected chi connectivity index (χ1v) is 2.79. The van der Waals surface area contributed by atoms with E-state index in [1.165, 1.54) is 0 Å². The van der Waals surface area contributed by atoms with Gasteiger partial charge in [-0.1, -0.05) is 36.4 Å². The standard InChI is InChI=1S/C6H6.CH6N2.ClH/c1-2-4-6-5-3-1;1-3-2;/h1-6H;3H,2H2,1H3;1H. The molecule has 1 aromatic carbocycles. The summed E-state index contributed by atoms with van der Waals surface area (Å²) in [5.41, 5.74) is 2.25. The number of nitrogens with two attached hydrogens (primary N) is 1. The minimum atomic E-state index is 0. The van der Waals surface area contributed by atoms with E-state index in [2.05, 4.69) is 11.3 Å². The van der Waals surface area contributed by atoms with Gasteiger partial charge in [0, 0.05) is 0 Å². The van der Waals surface area contributed by atoms with Crippen molar-refractivity contribution in [3.05, 3.63) is 36.4 Å². The monoisotopic (exact) mass is 160 g/mol. The number of hydrazine groups is 1. The van der Waals surface area contributed by atoms with Crippen molar-refractivity contribution >= 4 is 12.4 Å². The highest BCUT2D eigenvalue weighted by Gasteiger charge is 1.57. The van der Waals surface area contributed by atoms with Crippen LogP contribution in [0, 0.1) is 0 Å². The molecule has 3 N–H and O–H groups in total. The van der Waals surface area contributed by atoms with E-state index in [0.717, 1.165) is 0 Å². The van der Waals surface area contributed by atoms with Crippen LogP contribution in [0.15, 0.2) is 36.4 Å². The average Bonchev–Trinajstić information content (AvgIpc) is 1.93. The van der Waals surface area contributed by atoms with E-state index in [4.69, 9.17) is 0 Å². The second kappa shape index (κ2) is 11.3. The maximum atomic E-state index is 4.60. The zero-order chi connectivity index (χ0) is 6.95. The van der Waals surface area contributed by atoms with Gasteiger partial charge in [-0.3, -0.25) is 11.3 Å². The van der Waals surface area contributed by atoms with Gasteiger partial charge in [-0.15, -0.1) is 12.4 Å². The van der Waals surface area contributed by atoms with E-state index >= 15 is 0 Å². The summed E-state index contributed by atoms with van der Waals surface area (Å²) >= 11 is 0. The van der Waals surface area contributed by atoms with E-state index in [1.54, 1.807) is 7.05 Å². The molecule has 0 atom stereocenters. The summed E-state index contributed by atoms with van der Waals surface area (Å²) in [6.07, 6.45) is 0. The molecule has 0 saturated carbocycles. The molecular formula is C7H13ClN2. The van der Waals surface area contributed by atoms with Crippen molar-refractivity contribution in [2.24, 2.45) is 5.84 Å². The van der Waals surface area contributed by atoms with E-state index < -0.39 is 0 Å². The normalized spacial score (nSPS) is 6.60. The SMILES string of the molecule is CNN.Cl.c1ccccc1. The molecular weight excluding hydrogens is 148 g/mol. The quantitative estimate of drug-likeness (QED) is 0.442. The Morgan fingerprint density at radius 2 is 1.00 bits per heavy atom. The van der Waals surface area contributed by atoms with Crippen LogP contribution in [0.4, 0.5) is 0 Å². The van der Waals surface area contributed by atoms with Gasteiger partial charge in [0.2, 0.25) is 0 Å². The Balaban J connectivity index is 0. The van der Waals surface area contributed by atoms with Crippen LogP contribution in [0.2, 0.25) is 0 Å². The first-order chi connectivity index (χ1) is 4.41. The molecule has 1 rings (SSSR count). The molecule has 1 aromatic rings. The number of benzene rings is 1. The van der Waals surface area contributed by atoms with Gasteiger partial charge >= 0.3 is 0 Å². The smallest absolute Gasteiger partial charge is 0.00172 e. The summed E-state index contributed by atoms with van der Waals surface area (Å²) in [4.78, 5) is 0. The van der Waals surface area contributed by atoms with Crippen LogP contribution in [0.3, 0.4) is 0 Å². The van der Waals surface area contributed by atoms with Gasteiger partial charge in [0.05, 0.1) is 0 Å². The Labute approximate surface area is 67.8 Å². The van der Waals surface area contributed by atoms with Crippen LogP contribution in [0.5, 0.6) is 0 Å². The molecule has 2 nitrogen and oxygen atoms in total. The zero-order valence-corrected chi connectivity index (χ0v) is 6.77. The maximum Gasteiger partial charge on any atom is -0.00172 e. The molecule has 0 spiro atoms. The molecule has 58 valence electrons. The van der Waals surface area contributed by atoms with Crippen molar-refractivity contribution in [3.63, 3.8) is 0 Å². The second-order valence-electron chi connectivity index (χ2n) is 1.44. The van der Waals surface area contributed by atoms with Gasteiger partial charge in [0.1, 0.15) is 0 Å². The highest BCUT2D eigenvalue weighted by Crippen LogP contribution is 1.79. The lowest BCUT2D eigenvalue weighted by Gasteiger charge is -1.69. The Hall–Kier alpha value is -0.570. The minimum absolute atomic E-state index is 0. The summed E-state index contributed by atoms with van der Waals surface area (Å²) < 4.78 is 0. The van der Waals surface area contributed by atoms with Crippen LogP contribution in [-0.4, -0.2) is 7.05 Å². The third-order valence-corrected chi connectivity index (χ3v) is 0.667. The van der Waals surface area contributed by atoms with Crippen molar-refractivity contribution in [2.75, 3.05) is 7.05 Å². The lowest BCUT2D eigenvalue weighted by Crippen LogP contribution is -2.13. The molecule has 0 aliphatic carbocycles. The fourth-order valence-electron chi connectivity index (χ4n) is 0.385. The molecule has 0 radical (unpaired) electrons. The van der Waals surface area contributed by atoms with Crippen LogP contribution in [0.1, 0.15) is 0 Å². The van der Waals surface area contributed by atoms with E-state index in [-0.39, 0.29) is 12.4 Å². The number of hydrogen-bond donors (Lipinski definition) is 2. The van der Waals surface area contributed by atoms with Crippen molar-refractivity contribution in [3.8, 4) is 0 Å². The van der Waals surface area contributed by atoms with Crippen LogP contribution < -0.4 is 11.3 Å². The van der Waals surface area contributed by atoms with E-state index in [9.17, 15) is 0 Å². The summed E-state index contributed by atoms with van der Waals surface area (Å²) in [5, 5.41) is 0. The van der Waals surface area contributed by atoms with Gasteiger partial charge in [0.15, 0.2) is 0 Å². The molecule has 0 unspecified atom stereocenters. The average molecular weight is 161 g/mol. The Morgan fingerprint density at radius 1 is 0.900 bits per heavy atom. The van der Waals surface area contributed by atoms with Gasteiger partial charge < -0.3 is 0 Å². The number of rotatable bonds is 0. The lowest BCUT2D eigenvalue weighted by atomic mass is 10.4. The zero-order valence-electron chi connectivity index (χ0n) is 5.95. The molecule has 3 heteroatoms. The summed E-state index contributed by atoms with van der Waals surface area (Å²) in [7, 11) is 1.65. The Morgan fingerprint density at radius 3 is 1.10 bits per heavy atom. The van der Waals surface area contributed by atoms with Gasteiger partial charge in [0.25, 0.3) is 0 Å². The molecule has 0 aliphatic rings. The topological polar surface area (TPSA) is 38.0 Å². The first-order valence-electron chi connectivity index (χ1n) is 2.79. The van der Waals surface area contributed by atoms with E-state index in [0.29, 0.717) is 0 Å². The highest BCUT2D eigenvalue weighted by atomic mass is 35.5. The van der Waals surface area contributed by atoms with Crippen molar-refractivity contribution in [1.29, 1.82) is 0 Å². The third kappa shape index (κ3) is 10.4. The van der Waals surface area contributed by atoms with Gasteiger partial charge in [-0.2, -0.15) is 0 Å². The highest BCUT2D eigenvalue weighted by molar-refractivity contribution is 5.85. The van der Waals surface area contributed by atoms with Gasteiger partial charge in [-0.05, 0) is 7.05 Å². The third-order valence-electron chi connectivity index (χ3n) is 0.667. The van der Waals surface area contributed by atoms with Gasteiger partial charge in [-0.25, -0.2) is 0 Å². The van der Waals surface area contributed by atoms with E-state index in [1.807, 2.05) is 36.4 Å². The number of halogens is 1. The molecule has 0 aromatic heterocycles. The predicted octanol–water partition coefficient (Wildman–Crippen LogP) is 1.19. The predicted molar refractivity (Wildman–Crippen MR) is 46.9 cm³/mol. The fraction of sp³-hybridized carbons (Fsp3) is 0.143. The van der Waals surface area contributed by atoms with Crippen molar-refractivity contribution in [2.45, 2.75) is 0 Å². The summed E-state index contributed by atoms with van der Waals surface area (Å²) in [5.74, 6) is 4.60. The van der Waals surface area contributed by atoms with Crippen LogP contribution >= 0.6 is 12.4 Å². The summed E-state index contributed by atoms with van der Waals surface area (Å²) in [6.45, 7) is 0. The van der Waals surface area contributed by atoms with Crippen molar-refractivity contribution in [1.82, 2.24) is 5.43 Å². The molecule has 0 amide bonds. The molecule has 0 aliphatic heterocycles. The maximum absolute atomic E-state index is 4.60. The molecule has 0 bridgehead atoms. The number of hydrogen-bond acceptors (Lipinski definition) is 2. The fourth-order valence-corrected chi connectivity index (χ4v) is 0.385. The lowest BCUT2D eigenvalue weighted by molar-refractivity contribution is 0.900. The molecule has 0 saturated heterocycles. The minimum Gasteiger partial charge on any atom is -0.272 e. The summed E-state index contributed by atoms with van der Waals surface area (Å²) in [6, 6.07) is 12.0. The molecule has 0 heterocycles. The largest absolute Gasteiger partial charge is 0.272 e. The molecule has 0 fully saturated rings. The van der Waals surface area contributed by atoms with Crippen LogP contribution in [-0.2, 0) is 0 Å². The number of nitrogens with one attached hydrogen (secondary N) is 1. The van der Waals surface area contributed by atoms with Crippen LogP contribution in [0.25, 0.3) is 0 Å². The Kier molecular flexibility index (Phi) is 13.7.